The molecule has 0 aliphatic carbocycles. The maximum absolute atomic E-state index is 12.5. The molecule has 2 N–H and O–H groups in total. The molecule has 0 saturated heterocycles. The van der Waals surface area contributed by atoms with Crippen LogP contribution in [0.3, 0.4) is 0 Å². The van der Waals surface area contributed by atoms with E-state index < -0.39 is 18.6 Å². The third-order valence-electron chi connectivity index (χ3n) is 3.18. The van der Waals surface area contributed by atoms with Gasteiger partial charge in [0, 0.05) is 18.5 Å². The summed E-state index contributed by atoms with van der Waals surface area (Å²) in [6.45, 7) is 4.49. The highest BCUT2D eigenvalue weighted by Gasteiger charge is 2.33. The van der Waals surface area contributed by atoms with Gasteiger partial charge in [-0.25, -0.2) is 0 Å². The lowest BCUT2D eigenvalue weighted by atomic mass is 10.0. The maximum atomic E-state index is 12.5. The van der Waals surface area contributed by atoms with E-state index in [1.54, 1.807) is 6.92 Å². The maximum Gasteiger partial charge on any atom is 0.406 e. The van der Waals surface area contributed by atoms with E-state index in [1.165, 1.54) is 0 Å². The van der Waals surface area contributed by atoms with Crippen molar-refractivity contribution in [3.63, 3.8) is 0 Å². The van der Waals surface area contributed by atoms with Gasteiger partial charge in [0.25, 0.3) is 0 Å². The van der Waals surface area contributed by atoms with E-state index in [2.05, 4.69) is 0 Å². The van der Waals surface area contributed by atoms with Gasteiger partial charge in [0.2, 0.25) is 5.91 Å². The Morgan fingerprint density at radius 1 is 1.20 bits per heavy atom. The molecule has 0 fully saturated rings. The van der Waals surface area contributed by atoms with Gasteiger partial charge in [-0.2, -0.15) is 13.2 Å². The Morgan fingerprint density at radius 3 is 2.25 bits per heavy atom. The number of nitrogens with two attached hydrogens (primary N) is 1. The SMILES string of the molecule is CCCCN(CC(F)(F)F)C(=O)C(C)CCCC(C)N. The van der Waals surface area contributed by atoms with E-state index in [-0.39, 0.29) is 18.5 Å². The van der Waals surface area contributed by atoms with Gasteiger partial charge in [-0.05, 0) is 26.2 Å². The van der Waals surface area contributed by atoms with E-state index in [0.717, 1.165) is 24.2 Å². The zero-order chi connectivity index (χ0) is 15.8. The van der Waals surface area contributed by atoms with Crippen molar-refractivity contribution in [3.8, 4) is 0 Å². The molecule has 2 unspecified atom stereocenters. The number of rotatable bonds is 9. The molecule has 20 heavy (non-hydrogen) atoms. The van der Waals surface area contributed by atoms with Crippen LogP contribution in [0.5, 0.6) is 0 Å². The van der Waals surface area contributed by atoms with Crippen LogP contribution in [0.15, 0.2) is 0 Å². The average Bonchev–Trinajstić information content (AvgIpc) is 2.31. The highest BCUT2D eigenvalue weighted by molar-refractivity contribution is 5.78. The fourth-order valence-corrected chi connectivity index (χ4v) is 2.01. The molecule has 0 spiro atoms. The molecule has 3 nitrogen and oxygen atoms in total. The summed E-state index contributed by atoms with van der Waals surface area (Å²) in [5, 5.41) is 0. The molecule has 0 aromatic heterocycles. The first-order valence-electron chi connectivity index (χ1n) is 7.28. The van der Waals surface area contributed by atoms with Crippen molar-refractivity contribution in [3.05, 3.63) is 0 Å². The molecule has 120 valence electrons. The normalized spacial score (nSPS) is 14.9. The van der Waals surface area contributed by atoms with E-state index in [4.69, 9.17) is 5.73 Å². The van der Waals surface area contributed by atoms with Crippen LogP contribution in [-0.4, -0.2) is 36.1 Å². The van der Waals surface area contributed by atoms with Gasteiger partial charge < -0.3 is 10.6 Å². The lowest BCUT2D eigenvalue weighted by Gasteiger charge is -2.27. The summed E-state index contributed by atoms with van der Waals surface area (Å²) in [7, 11) is 0. The Balaban J connectivity index is 4.43. The van der Waals surface area contributed by atoms with Crippen LogP contribution in [0, 0.1) is 5.92 Å². The second-order valence-electron chi connectivity index (χ2n) is 5.54. The molecule has 1 amide bonds. The van der Waals surface area contributed by atoms with Gasteiger partial charge in [-0.1, -0.05) is 26.7 Å². The van der Waals surface area contributed by atoms with Gasteiger partial charge in [0.1, 0.15) is 6.54 Å². The Kier molecular flexibility index (Phi) is 8.85. The third kappa shape index (κ3) is 9.18. The average molecular weight is 296 g/mol. The van der Waals surface area contributed by atoms with Gasteiger partial charge in [0.05, 0.1) is 0 Å². The number of hydrogen-bond donors (Lipinski definition) is 1. The Labute approximate surface area is 119 Å². The minimum absolute atomic E-state index is 0.0590. The number of amides is 1. The van der Waals surface area contributed by atoms with Crippen LogP contribution in [0.4, 0.5) is 13.2 Å². The minimum Gasteiger partial charge on any atom is -0.333 e. The summed E-state index contributed by atoms with van der Waals surface area (Å²) in [5.74, 6) is -0.784. The Morgan fingerprint density at radius 2 is 1.80 bits per heavy atom. The molecule has 0 radical (unpaired) electrons. The van der Waals surface area contributed by atoms with Crippen molar-refractivity contribution in [2.45, 2.75) is 65.1 Å². The van der Waals surface area contributed by atoms with Crippen LogP contribution in [0.25, 0.3) is 0 Å². The first-order valence-corrected chi connectivity index (χ1v) is 7.28. The van der Waals surface area contributed by atoms with Crippen molar-refractivity contribution in [1.29, 1.82) is 0 Å². The van der Waals surface area contributed by atoms with Crippen molar-refractivity contribution in [2.24, 2.45) is 11.7 Å². The van der Waals surface area contributed by atoms with Crippen molar-refractivity contribution >= 4 is 5.91 Å². The standard InChI is InChI=1S/C14H27F3N2O/c1-4-5-9-19(10-14(15,16)17)13(20)11(2)7-6-8-12(3)18/h11-12H,4-10,18H2,1-3H3. The first kappa shape index (κ1) is 19.2. The van der Waals surface area contributed by atoms with E-state index in [1.807, 2.05) is 13.8 Å². The second kappa shape index (κ2) is 9.21. The zero-order valence-corrected chi connectivity index (χ0v) is 12.7. The molecule has 0 rings (SSSR count). The number of nitrogens with zero attached hydrogens (tertiary/aromatic N) is 1. The van der Waals surface area contributed by atoms with Crippen LogP contribution >= 0.6 is 0 Å². The van der Waals surface area contributed by atoms with E-state index in [0.29, 0.717) is 12.8 Å². The molecule has 2 atom stereocenters. The zero-order valence-electron chi connectivity index (χ0n) is 12.7. The lowest BCUT2D eigenvalue weighted by Crippen LogP contribution is -2.42. The van der Waals surface area contributed by atoms with Gasteiger partial charge >= 0.3 is 6.18 Å². The number of hydrogen-bond acceptors (Lipinski definition) is 2. The summed E-state index contributed by atoms with van der Waals surface area (Å²) in [6.07, 6.45) is -0.852. The summed E-state index contributed by atoms with van der Waals surface area (Å²) in [4.78, 5) is 13.0. The summed E-state index contributed by atoms with van der Waals surface area (Å²) < 4.78 is 37.5. The summed E-state index contributed by atoms with van der Waals surface area (Å²) in [6, 6.07) is 0.0590. The quantitative estimate of drug-likeness (QED) is 0.709. The molecular formula is C14H27F3N2O. The van der Waals surface area contributed by atoms with Crippen LogP contribution in [-0.2, 0) is 4.79 Å². The second-order valence-corrected chi connectivity index (χ2v) is 5.54. The molecule has 0 bridgehead atoms. The third-order valence-corrected chi connectivity index (χ3v) is 3.18. The molecule has 0 aromatic carbocycles. The predicted octanol–water partition coefficient (Wildman–Crippen LogP) is 3.33. The number of halogens is 3. The van der Waals surface area contributed by atoms with Gasteiger partial charge in [0.15, 0.2) is 0 Å². The molecule has 0 heterocycles. The Bertz CT molecular complexity index is 280. The van der Waals surface area contributed by atoms with E-state index >= 15 is 0 Å². The lowest BCUT2D eigenvalue weighted by molar-refractivity contribution is -0.163. The molecule has 0 aromatic rings. The molecule has 0 aliphatic heterocycles. The van der Waals surface area contributed by atoms with Crippen molar-refractivity contribution in [2.75, 3.05) is 13.1 Å². The number of unbranched alkanes of at least 4 members (excludes halogenated alkanes) is 1. The predicted molar refractivity (Wildman–Crippen MR) is 74.2 cm³/mol. The van der Waals surface area contributed by atoms with E-state index in [9.17, 15) is 18.0 Å². The highest BCUT2D eigenvalue weighted by Crippen LogP contribution is 2.20. The topological polar surface area (TPSA) is 46.3 Å². The number of alkyl halides is 3. The highest BCUT2D eigenvalue weighted by atomic mass is 19.4. The van der Waals surface area contributed by atoms with Crippen LogP contribution in [0.2, 0.25) is 0 Å². The van der Waals surface area contributed by atoms with Crippen molar-refractivity contribution in [1.82, 2.24) is 4.90 Å². The smallest absolute Gasteiger partial charge is 0.333 e. The fourth-order valence-electron chi connectivity index (χ4n) is 2.01. The summed E-state index contributed by atoms with van der Waals surface area (Å²) >= 11 is 0. The van der Waals surface area contributed by atoms with Crippen LogP contribution < -0.4 is 5.73 Å². The monoisotopic (exact) mass is 296 g/mol. The molecule has 6 heteroatoms. The van der Waals surface area contributed by atoms with Crippen LogP contribution in [0.1, 0.15) is 52.9 Å². The fraction of sp³-hybridized carbons (Fsp3) is 0.929. The number of carbonyl (C=O) groups is 1. The largest absolute Gasteiger partial charge is 0.406 e. The summed E-state index contributed by atoms with van der Waals surface area (Å²) in [5.41, 5.74) is 5.62. The first-order chi connectivity index (χ1) is 9.17. The molecular weight excluding hydrogens is 269 g/mol. The molecule has 0 aliphatic rings. The van der Waals surface area contributed by atoms with Gasteiger partial charge in [-0.3, -0.25) is 4.79 Å². The molecule has 0 saturated carbocycles. The minimum atomic E-state index is -4.34. The number of carbonyl (C=O) groups excluding carboxylic acids is 1. The Hall–Kier alpha value is -0.780. The van der Waals surface area contributed by atoms with Gasteiger partial charge in [-0.15, -0.1) is 0 Å². The van der Waals surface area contributed by atoms with Crippen molar-refractivity contribution < 1.29 is 18.0 Å².